The van der Waals surface area contributed by atoms with Gasteiger partial charge in [-0.3, -0.25) is 19.7 Å². The number of nitrogens with zero attached hydrogens (tertiary/aromatic N) is 3. The summed E-state index contributed by atoms with van der Waals surface area (Å²) in [5, 5.41) is 32.0. The van der Waals surface area contributed by atoms with Crippen molar-refractivity contribution in [2.75, 3.05) is 33.8 Å². The molecule has 2 aromatic carbocycles. The topological polar surface area (TPSA) is 133 Å². The van der Waals surface area contributed by atoms with Gasteiger partial charge in [0, 0.05) is 30.8 Å². The van der Waals surface area contributed by atoms with E-state index in [9.17, 15) is 29.9 Å². The van der Waals surface area contributed by atoms with Gasteiger partial charge in [0.2, 0.25) is 0 Å². The van der Waals surface area contributed by atoms with Crippen LogP contribution in [0.5, 0.6) is 11.5 Å². The number of hydrogen-bond acceptors (Lipinski definition) is 8. The molecule has 0 aromatic heterocycles. The predicted molar refractivity (Wildman–Crippen MR) is 120 cm³/mol. The third-order valence-electron chi connectivity index (χ3n) is 5.28. The largest absolute Gasteiger partial charge is 0.507 e. The van der Waals surface area contributed by atoms with Crippen LogP contribution in [-0.4, -0.2) is 70.4 Å². The minimum absolute atomic E-state index is 0.0961. The summed E-state index contributed by atoms with van der Waals surface area (Å²) < 4.78 is 5.45. The van der Waals surface area contributed by atoms with Gasteiger partial charge in [-0.1, -0.05) is 6.07 Å². The minimum Gasteiger partial charge on any atom is -0.507 e. The van der Waals surface area contributed by atoms with Crippen LogP contribution in [0.1, 0.15) is 24.1 Å². The predicted octanol–water partition coefficient (Wildman–Crippen LogP) is 2.68. The molecule has 10 heteroatoms. The number of rotatable bonds is 8. The van der Waals surface area contributed by atoms with E-state index >= 15 is 0 Å². The average Bonchev–Trinajstić information content (AvgIpc) is 3.03. The number of carbonyl (C=O) groups excluding carboxylic acids is 2. The van der Waals surface area contributed by atoms with E-state index in [0.29, 0.717) is 18.7 Å². The number of aromatic hydroxyl groups is 1. The normalized spacial score (nSPS) is 17.6. The zero-order chi connectivity index (χ0) is 24.3. The molecule has 0 aliphatic carbocycles. The number of nitro groups is 1. The first-order valence-corrected chi connectivity index (χ1v) is 10.3. The summed E-state index contributed by atoms with van der Waals surface area (Å²) in [4.78, 5) is 39.5. The molecule has 1 fully saturated rings. The summed E-state index contributed by atoms with van der Waals surface area (Å²) in [6.45, 7) is 2.73. The average molecular weight is 455 g/mol. The first-order valence-electron chi connectivity index (χ1n) is 10.3. The molecule has 0 saturated carbocycles. The van der Waals surface area contributed by atoms with E-state index in [4.69, 9.17) is 4.74 Å². The molecule has 1 atom stereocenters. The van der Waals surface area contributed by atoms with Crippen LogP contribution in [0.2, 0.25) is 0 Å². The van der Waals surface area contributed by atoms with Crippen molar-refractivity contribution < 1.29 is 29.5 Å². The smallest absolute Gasteiger partial charge is 0.295 e. The fraction of sp³-hybridized carbons (Fsp3) is 0.304. The van der Waals surface area contributed by atoms with Gasteiger partial charge in [-0.2, -0.15) is 0 Å². The van der Waals surface area contributed by atoms with Gasteiger partial charge in [0.05, 0.1) is 23.1 Å². The number of aliphatic hydroxyl groups excluding tert-OH is 1. The van der Waals surface area contributed by atoms with Crippen LogP contribution in [0.3, 0.4) is 0 Å². The zero-order valence-corrected chi connectivity index (χ0v) is 18.5. The van der Waals surface area contributed by atoms with Crippen molar-refractivity contribution in [1.82, 2.24) is 9.80 Å². The van der Waals surface area contributed by atoms with Gasteiger partial charge in [0.1, 0.15) is 5.76 Å². The van der Waals surface area contributed by atoms with E-state index in [1.165, 1.54) is 41.3 Å². The molecule has 1 aliphatic rings. The summed E-state index contributed by atoms with van der Waals surface area (Å²) in [7, 11) is 3.66. The summed E-state index contributed by atoms with van der Waals surface area (Å²) in [5.41, 5.74) is 0.327. The highest BCUT2D eigenvalue weighted by Gasteiger charge is 2.46. The summed E-state index contributed by atoms with van der Waals surface area (Å²) in [6, 6.07) is 8.61. The molecule has 3 rings (SSSR count). The number of nitro benzene ring substituents is 1. The van der Waals surface area contributed by atoms with Gasteiger partial charge in [-0.05, 0) is 50.8 Å². The Morgan fingerprint density at radius 2 is 1.85 bits per heavy atom. The molecular formula is C23H25N3O7. The number of phenolic OH excluding ortho intramolecular Hbond substituents is 1. The number of aliphatic hydroxyl groups is 1. The minimum atomic E-state index is -0.931. The van der Waals surface area contributed by atoms with Crippen molar-refractivity contribution in [1.29, 1.82) is 0 Å². The van der Waals surface area contributed by atoms with E-state index in [2.05, 4.69) is 0 Å². The Bertz CT molecular complexity index is 1110. The second kappa shape index (κ2) is 9.70. The molecule has 174 valence electrons. The molecule has 1 heterocycles. The highest BCUT2D eigenvalue weighted by Crippen LogP contribution is 2.41. The zero-order valence-electron chi connectivity index (χ0n) is 18.5. The van der Waals surface area contributed by atoms with Crippen LogP contribution in [0.25, 0.3) is 5.76 Å². The lowest BCUT2D eigenvalue weighted by atomic mass is 9.95. The second-order valence-corrected chi connectivity index (χ2v) is 7.76. The van der Waals surface area contributed by atoms with Crippen molar-refractivity contribution in [2.45, 2.75) is 13.0 Å². The van der Waals surface area contributed by atoms with Gasteiger partial charge in [0.15, 0.2) is 11.5 Å². The van der Waals surface area contributed by atoms with Crippen LogP contribution < -0.4 is 4.74 Å². The molecule has 0 radical (unpaired) electrons. The Morgan fingerprint density at radius 3 is 2.42 bits per heavy atom. The van der Waals surface area contributed by atoms with E-state index < -0.39 is 28.4 Å². The quantitative estimate of drug-likeness (QED) is 0.204. The molecule has 1 saturated heterocycles. The summed E-state index contributed by atoms with van der Waals surface area (Å²) >= 11 is 0. The van der Waals surface area contributed by atoms with Gasteiger partial charge in [-0.15, -0.1) is 0 Å². The number of likely N-dealkylation sites (tertiary alicyclic amines) is 1. The third kappa shape index (κ3) is 4.80. The molecule has 2 N–H and O–H groups in total. The van der Waals surface area contributed by atoms with Crippen molar-refractivity contribution >= 4 is 23.1 Å². The van der Waals surface area contributed by atoms with Crippen LogP contribution in [0.15, 0.2) is 48.0 Å². The monoisotopic (exact) mass is 455 g/mol. The van der Waals surface area contributed by atoms with Crippen molar-refractivity contribution in [2.24, 2.45) is 0 Å². The van der Waals surface area contributed by atoms with Crippen molar-refractivity contribution in [3.8, 4) is 11.5 Å². The lowest BCUT2D eigenvalue weighted by Gasteiger charge is -2.27. The molecular weight excluding hydrogens is 430 g/mol. The standard InChI is InChI=1S/C23H25N3O7/c1-4-33-18-13-15(7-10-17(18)27)20-19(22(29)23(30)25(20)12-11-24(2)3)21(28)14-5-8-16(9-6-14)26(31)32/h5-10,13,20,27-28H,4,11-12H2,1-3H3/b21-19-. The third-order valence-corrected chi connectivity index (χ3v) is 5.28. The first kappa shape index (κ1) is 23.7. The maximum absolute atomic E-state index is 13.0. The van der Waals surface area contributed by atoms with E-state index in [-0.39, 0.29) is 34.9 Å². The highest BCUT2D eigenvalue weighted by molar-refractivity contribution is 6.46. The van der Waals surface area contributed by atoms with Crippen LogP contribution >= 0.6 is 0 Å². The van der Waals surface area contributed by atoms with E-state index in [0.717, 1.165) is 0 Å². The Labute approximate surface area is 190 Å². The molecule has 10 nitrogen and oxygen atoms in total. The maximum atomic E-state index is 13.0. The number of amides is 1. The van der Waals surface area contributed by atoms with Crippen LogP contribution in [-0.2, 0) is 9.59 Å². The Hall–Kier alpha value is -3.92. The van der Waals surface area contributed by atoms with Gasteiger partial charge < -0.3 is 24.7 Å². The lowest BCUT2D eigenvalue weighted by molar-refractivity contribution is -0.384. The number of carbonyl (C=O) groups is 2. The lowest BCUT2D eigenvalue weighted by Crippen LogP contribution is -2.35. The van der Waals surface area contributed by atoms with Crippen molar-refractivity contribution in [3.63, 3.8) is 0 Å². The SMILES string of the molecule is CCOc1cc(C2/C(=C(/O)c3ccc([N+](=O)[O-])cc3)C(=O)C(=O)N2CCN(C)C)ccc1O. The number of Topliss-reactive ketones (excluding diaryl/α,β-unsaturated/α-hetero) is 1. The van der Waals surface area contributed by atoms with E-state index in [1.54, 1.807) is 13.0 Å². The Kier molecular flexibility index (Phi) is 6.98. The van der Waals surface area contributed by atoms with Crippen LogP contribution in [0.4, 0.5) is 5.69 Å². The highest BCUT2D eigenvalue weighted by atomic mass is 16.6. The van der Waals surface area contributed by atoms with Gasteiger partial charge in [0.25, 0.3) is 17.4 Å². The number of ketones is 1. The van der Waals surface area contributed by atoms with Gasteiger partial charge in [-0.25, -0.2) is 0 Å². The summed E-state index contributed by atoms with van der Waals surface area (Å²) in [5.74, 6) is -1.98. The molecule has 33 heavy (non-hydrogen) atoms. The van der Waals surface area contributed by atoms with Crippen LogP contribution in [0, 0.1) is 10.1 Å². The molecule has 1 unspecified atom stereocenters. The number of phenols is 1. The molecule has 2 aromatic rings. The number of benzene rings is 2. The first-order chi connectivity index (χ1) is 15.6. The second-order valence-electron chi connectivity index (χ2n) is 7.76. The molecule has 1 aliphatic heterocycles. The van der Waals surface area contributed by atoms with Gasteiger partial charge >= 0.3 is 0 Å². The maximum Gasteiger partial charge on any atom is 0.295 e. The molecule has 1 amide bonds. The van der Waals surface area contributed by atoms with Crippen molar-refractivity contribution in [3.05, 3.63) is 69.3 Å². The number of hydrogen-bond donors (Lipinski definition) is 2. The number of ether oxygens (including phenoxy) is 1. The van der Waals surface area contributed by atoms with E-state index in [1.807, 2.05) is 19.0 Å². The number of likely N-dealkylation sites (N-methyl/N-ethyl adjacent to an activating group) is 1. The number of non-ortho nitro benzene ring substituents is 1. The molecule has 0 bridgehead atoms. The summed E-state index contributed by atoms with van der Waals surface area (Å²) in [6.07, 6.45) is 0. The Balaban J connectivity index is 2.16. The fourth-order valence-corrected chi connectivity index (χ4v) is 3.63. The Morgan fingerprint density at radius 1 is 1.18 bits per heavy atom. The molecule has 0 spiro atoms. The fourth-order valence-electron chi connectivity index (χ4n) is 3.63.